The van der Waals surface area contributed by atoms with Gasteiger partial charge in [-0.2, -0.15) is 0 Å². The van der Waals surface area contributed by atoms with Crippen LogP contribution < -0.4 is 0 Å². The van der Waals surface area contributed by atoms with Gasteiger partial charge in [0.25, 0.3) is 0 Å². The molecule has 2 aliphatic rings. The number of hydrogen-bond donors (Lipinski definition) is 4. The third-order valence-electron chi connectivity index (χ3n) is 5.05. The van der Waals surface area contributed by atoms with Crippen LogP contribution in [0.5, 0.6) is 0 Å². The van der Waals surface area contributed by atoms with Gasteiger partial charge in [0.1, 0.15) is 0 Å². The van der Waals surface area contributed by atoms with E-state index in [9.17, 15) is 19.2 Å². The van der Waals surface area contributed by atoms with Crippen LogP contribution in [0.4, 0.5) is 0 Å². The Hall–Kier alpha value is -2.12. The van der Waals surface area contributed by atoms with Crippen LogP contribution in [-0.2, 0) is 19.2 Å². The van der Waals surface area contributed by atoms with E-state index in [1.165, 1.54) is 0 Å². The topological polar surface area (TPSA) is 149 Å². The first-order chi connectivity index (χ1) is 11.2. The second-order valence-electron chi connectivity index (χ2n) is 6.51. The summed E-state index contributed by atoms with van der Waals surface area (Å²) in [6.45, 7) is 0. The minimum absolute atomic E-state index is 0.275. The normalized spacial score (nSPS) is 21.7. The highest BCUT2D eigenvalue weighted by atomic mass is 16.4. The highest BCUT2D eigenvalue weighted by molar-refractivity contribution is 5.98. The second kappa shape index (κ2) is 8.12. The molecular formula is C16H24O8. The molecule has 0 heterocycles. The van der Waals surface area contributed by atoms with E-state index in [4.69, 9.17) is 20.4 Å². The minimum atomic E-state index is -1.49. The maximum atomic E-state index is 10.7. The number of aliphatic carboxylic acids is 4. The van der Waals surface area contributed by atoms with Crippen molar-refractivity contribution in [1.29, 1.82) is 0 Å². The van der Waals surface area contributed by atoms with Crippen LogP contribution in [0.3, 0.4) is 0 Å². The molecule has 0 spiro atoms. The summed E-state index contributed by atoms with van der Waals surface area (Å²) in [6, 6.07) is 0. The molecule has 0 atom stereocenters. The van der Waals surface area contributed by atoms with E-state index in [0.717, 1.165) is 12.8 Å². The summed E-state index contributed by atoms with van der Waals surface area (Å²) >= 11 is 0. The van der Waals surface area contributed by atoms with Crippen LogP contribution in [0, 0.1) is 10.8 Å². The first-order valence-corrected chi connectivity index (χ1v) is 8.13. The van der Waals surface area contributed by atoms with Crippen LogP contribution in [0.25, 0.3) is 0 Å². The highest BCUT2D eigenvalue weighted by Gasteiger charge is 2.47. The van der Waals surface area contributed by atoms with Crippen LogP contribution in [0.15, 0.2) is 0 Å². The molecule has 24 heavy (non-hydrogen) atoms. The molecule has 0 aromatic rings. The Morgan fingerprint density at radius 3 is 0.792 bits per heavy atom. The van der Waals surface area contributed by atoms with Crippen molar-refractivity contribution in [3.05, 3.63) is 0 Å². The molecule has 2 saturated carbocycles. The first-order valence-electron chi connectivity index (χ1n) is 8.13. The molecule has 0 radical (unpaired) electrons. The molecular weight excluding hydrogens is 320 g/mol. The molecule has 4 N–H and O–H groups in total. The van der Waals surface area contributed by atoms with Crippen molar-refractivity contribution >= 4 is 23.9 Å². The number of carboxylic acids is 4. The maximum absolute atomic E-state index is 10.7. The summed E-state index contributed by atoms with van der Waals surface area (Å²) in [5.74, 6) is -4.74. The van der Waals surface area contributed by atoms with Crippen molar-refractivity contribution in [2.75, 3.05) is 0 Å². The Balaban J connectivity index is 0.000000240. The van der Waals surface area contributed by atoms with Crippen molar-refractivity contribution in [3.63, 3.8) is 0 Å². The van der Waals surface area contributed by atoms with Gasteiger partial charge in [0.05, 0.1) is 0 Å². The van der Waals surface area contributed by atoms with Gasteiger partial charge < -0.3 is 20.4 Å². The number of carbonyl (C=O) groups is 4. The zero-order chi connectivity index (χ0) is 18.4. The van der Waals surface area contributed by atoms with E-state index in [1.54, 1.807) is 0 Å². The summed E-state index contributed by atoms with van der Waals surface area (Å²) in [7, 11) is 0. The van der Waals surface area contributed by atoms with Gasteiger partial charge in [0, 0.05) is 0 Å². The third kappa shape index (κ3) is 4.04. The standard InChI is InChI=1S/2C8H12O4/c2*9-6(10)8(7(11)12)4-2-1-3-5-8/h2*1-5H2,(H,9,10)(H,11,12). The van der Waals surface area contributed by atoms with Crippen molar-refractivity contribution in [2.45, 2.75) is 64.2 Å². The van der Waals surface area contributed by atoms with E-state index < -0.39 is 34.7 Å². The van der Waals surface area contributed by atoms with Crippen molar-refractivity contribution in [3.8, 4) is 0 Å². The van der Waals surface area contributed by atoms with Gasteiger partial charge in [-0.25, -0.2) is 0 Å². The second-order valence-corrected chi connectivity index (χ2v) is 6.51. The zero-order valence-corrected chi connectivity index (χ0v) is 13.5. The van der Waals surface area contributed by atoms with Crippen molar-refractivity contribution < 1.29 is 39.6 Å². The Bertz CT molecular complexity index is 420. The van der Waals surface area contributed by atoms with Gasteiger partial charge in [-0.05, 0) is 25.7 Å². The average molecular weight is 344 g/mol. The molecule has 0 aromatic carbocycles. The lowest BCUT2D eigenvalue weighted by molar-refractivity contribution is -0.169. The maximum Gasteiger partial charge on any atom is 0.321 e. The summed E-state index contributed by atoms with van der Waals surface area (Å²) < 4.78 is 0. The first kappa shape index (κ1) is 19.9. The molecule has 2 fully saturated rings. The molecule has 0 aromatic heterocycles. The molecule has 8 nitrogen and oxygen atoms in total. The molecule has 8 heteroatoms. The van der Waals surface area contributed by atoms with Gasteiger partial charge in [-0.1, -0.05) is 38.5 Å². The van der Waals surface area contributed by atoms with Gasteiger partial charge in [0.15, 0.2) is 10.8 Å². The molecule has 2 aliphatic carbocycles. The fraction of sp³-hybridized carbons (Fsp3) is 0.750. The molecule has 0 aliphatic heterocycles. The Kier molecular flexibility index (Phi) is 6.74. The van der Waals surface area contributed by atoms with Gasteiger partial charge in [-0.3, -0.25) is 19.2 Å². The van der Waals surface area contributed by atoms with Crippen LogP contribution >= 0.6 is 0 Å². The predicted octanol–water partition coefficient (Wildman–Crippen LogP) is 2.21. The van der Waals surface area contributed by atoms with Crippen molar-refractivity contribution in [2.24, 2.45) is 10.8 Å². The van der Waals surface area contributed by atoms with Gasteiger partial charge >= 0.3 is 23.9 Å². The minimum Gasteiger partial charge on any atom is -0.480 e. The van der Waals surface area contributed by atoms with E-state index in [2.05, 4.69) is 0 Å². The Morgan fingerprint density at radius 2 is 0.667 bits per heavy atom. The Morgan fingerprint density at radius 1 is 0.458 bits per heavy atom. The monoisotopic (exact) mass is 344 g/mol. The molecule has 0 amide bonds. The molecule has 0 bridgehead atoms. The van der Waals surface area contributed by atoms with E-state index in [0.29, 0.717) is 25.7 Å². The van der Waals surface area contributed by atoms with Crippen molar-refractivity contribution in [1.82, 2.24) is 0 Å². The fourth-order valence-electron chi connectivity index (χ4n) is 3.35. The van der Waals surface area contributed by atoms with Gasteiger partial charge in [-0.15, -0.1) is 0 Å². The zero-order valence-electron chi connectivity index (χ0n) is 13.5. The third-order valence-corrected chi connectivity index (χ3v) is 5.05. The molecule has 136 valence electrons. The molecule has 0 saturated heterocycles. The lowest BCUT2D eigenvalue weighted by Crippen LogP contribution is -2.40. The fourth-order valence-corrected chi connectivity index (χ4v) is 3.35. The summed E-state index contributed by atoms with van der Waals surface area (Å²) in [5, 5.41) is 35.1. The number of rotatable bonds is 4. The lowest BCUT2D eigenvalue weighted by atomic mass is 9.74. The summed E-state index contributed by atoms with van der Waals surface area (Å²) in [6.07, 6.45) is 5.82. The Labute approximate surface area is 139 Å². The van der Waals surface area contributed by atoms with Gasteiger partial charge in [0.2, 0.25) is 0 Å². The van der Waals surface area contributed by atoms with Crippen LogP contribution in [0.1, 0.15) is 64.2 Å². The number of carboxylic acid groups (broad SMARTS) is 4. The highest BCUT2D eigenvalue weighted by Crippen LogP contribution is 2.37. The quantitative estimate of drug-likeness (QED) is 0.567. The number of hydrogen-bond acceptors (Lipinski definition) is 4. The average Bonchev–Trinajstić information content (AvgIpc) is 2.56. The lowest BCUT2D eigenvalue weighted by Gasteiger charge is -2.28. The predicted molar refractivity (Wildman–Crippen MR) is 81.6 cm³/mol. The van der Waals surface area contributed by atoms with Crippen LogP contribution in [0.2, 0.25) is 0 Å². The van der Waals surface area contributed by atoms with Crippen LogP contribution in [-0.4, -0.2) is 44.3 Å². The molecule has 0 unspecified atom stereocenters. The smallest absolute Gasteiger partial charge is 0.321 e. The largest absolute Gasteiger partial charge is 0.480 e. The molecule has 2 rings (SSSR count). The summed E-state index contributed by atoms with van der Waals surface area (Å²) in [4.78, 5) is 42.9. The van der Waals surface area contributed by atoms with E-state index in [1.807, 2.05) is 0 Å². The summed E-state index contributed by atoms with van der Waals surface area (Å²) in [5.41, 5.74) is -2.98. The van der Waals surface area contributed by atoms with E-state index >= 15 is 0 Å². The SMILES string of the molecule is O=C(O)C1(C(=O)O)CCCCC1.O=C(O)C1(C(=O)O)CCCCC1. The van der Waals surface area contributed by atoms with E-state index in [-0.39, 0.29) is 25.7 Å².